The van der Waals surface area contributed by atoms with Crippen molar-refractivity contribution >= 4 is 27.8 Å². The number of rotatable bonds is 5. The largest absolute Gasteiger partial charge is 0.424 e. The smallest absolute Gasteiger partial charge is 0.328 e. The van der Waals surface area contributed by atoms with Gasteiger partial charge in [0.25, 0.3) is 0 Å². The summed E-state index contributed by atoms with van der Waals surface area (Å²) >= 11 is 3.46. The maximum Gasteiger partial charge on any atom is 0.328 e. The Morgan fingerprint density at radius 2 is 2.00 bits per heavy atom. The van der Waals surface area contributed by atoms with E-state index in [1.807, 2.05) is 51.0 Å². The van der Waals surface area contributed by atoms with Crippen molar-refractivity contribution in [3.05, 3.63) is 28.2 Å². The zero-order valence-corrected chi connectivity index (χ0v) is 14.1. The molecular weight excluding hydrogens is 334 g/mol. The quantitative estimate of drug-likeness (QED) is 0.891. The second-order valence-electron chi connectivity index (χ2n) is 4.68. The van der Waals surface area contributed by atoms with Gasteiger partial charge in [-0.3, -0.25) is 0 Å². The lowest BCUT2D eigenvalue weighted by atomic mass is 10.2. The first-order chi connectivity index (χ1) is 9.99. The molecule has 1 aromatic carbocycles. The molecule has 0 fully saturated rings. The third kappa shape index (κ3) is 4.04. The number of aryl methyl sites for hydroxylation is 1. The fraction of sp³-hybridized carbons (Fsp3) is 0.357. The van der Waals surface area contributed by atoms with Gasteiger partial charge in [-0.25, -0.2) is 0 Å². The molecule has 1 heterocycles. The summed E-state index contributed by atoms with van der Waals surface area (Å²) in [7, 11) is 3.75. The molecule has 1 aromatic heterocycles. The Labute approximate surface area is 132 Å². The average Bonchev–Trinajstić information content (AvgIpc) is 2.43. The SMILES string of the molecule is CCNc1nc(Oc2ccc(Br)c(C)c2)nc(N(C)C)n1. The lowest BCUT2D eigenvalue weighted by Crippen LogP contribution is -2.15. The average molecular weight is 352 g/mol. The molecule has 1 N–H and O–H groups in total. The zero-order chi connectivity index (χ0) is 15.4. The molecule has 0 radical (unpaired) electrons. The van der Waals surface area contributed by atoms with Crippen LogP contribution in [-0.2, 0) is 0 Å². The van der Waals surface area contributed by atoms with E-state index in [1.54, 1.807) is 0 Å². The Balaban J connectivity index is 2.31. The van der Waals surface area contributed by atoms with Crippen LogP contribution < -0.4 is 15.0 Å². The lowest BCUT2D eigenvalue weighted by Gasteiger charge is -2.13. The van der Waals surface area contributed by atoms with Crippen molar-refractivity contribution < 1.29 is 4.74 Å². The van der Waals surface area contributed by atoms with Crippen LogP contribution in [0.2, 0.25) is 0 Å². The Hall–Kier alpha value is -1.89. The molecule has 0 bridgehead atoms. The molecule has 0 amide bonds. The van der Waals surface area contributed by atoms with E-state index in [1.165, 1.54) is 0 Å². The molecule has 7 heteroatoms. The van der Waals surface area contributed by atoms with Gasteiger partial charge >= 0.3 is 6.01 Å². The Bertz CT molecular complexity index is 633. The van der Waals surface area contributed by atoms with Crippen molar-refractivity contribution in [2.45, 2.75) is 13.8 Å². The summed E-state index contributed by atoms with van der Waals surface area (Å²) in [5.41, 5.74) is 1.08. The van der Waals surface area contributed by atoms with Gasteiger partial charge in [0.1, 0.15) is 5.75 Å². The second-order valence-corrected chi connectivity index (χ2v) is 5.53. The highest BCUT2D eigenvalue weighted by molar-refractivity contribution is 9.10. The van der Waals surface area contributed by atoms with Crippen LogP contribution in [0, 0.1) is 6.92 Å². The summed E-state index contributed by atoms with van der Waals surface area (Å²) in [5, 5.41) is 3.07. The summed E-state index contributed by atoms with van der Waals surface area (Å²) in [4.78, 5) is 14.7. The van der Waals surface area contributed by atoms with Crippen LogP contribution in [0.5, 0.6) is 11.8 Å². The Morgan fingerprint density at radius 3 is 2.62 bits per heavy atom. The number of hydrogen-bond donors (Lipinski definition) is 1. The van der Waals surface area contributed by atoms with E-state index in [0.717, 1.165) is 16.6 Å². The van der Waals surface area contributed by atoms with Gasteiger partial charge in [-0.15, -0.1) is 0 Å². The van der Waals surface area contributed by atoms with Gasteiger partial charge in [0.2, 0.25) is 11.9 Å². The maximum absolute atomic E-state index is 5.74. The van der Waals surface area contributed by atoms with Crippen LogP contribution in [0.1, 0.15) is 12.5 Å². The molecule has 2 aromatic rings. The van der Waals surface area contributed by atoms with Crippen molar-refractivity contribution in [3.63, 3.8) is 0 Å². The molecule has 2 rings (SSSR count). The van der Waals surface area contributed by atoms with E-state index in [9.17, 15) is 0 Å². The monoisotopic (exact) mass is 351 g/mol. The molecule has 112 valence electrons. The molecule has 0 aliphatic heterocycles. The van der Waals surface area contributed by atoms with Crippen LogP contribution in [0.3, 0.4) is 0 Å². The Kier molecular flexibility index (Phi) is 4.95. The van der Waals surface area contributed by atoms with Gasteiger partial charge in [0.15, 0.2) is 0 Å². The fourth-order valence-corrected chi connectivity index (χ4v) is 1.86. The van der Waals surface area contributed by atoms with Crippen molar-refractivity contribution in [1.82, 2.24) is 15.0 Å². The van der Waals surface area contributed by atoms with Gasteiger partial charge in [0.05, 0.1) is 0 Å². The Morgan fingerprint density at radius 1 is 1.24 bits per heavy atom. The van der Waals surface area contributed by atoms with E-state index in [2.05, 4.69) is 36.2 Å². The topological polar surface area (TPSA) is 63.2 Å². The molecule has 0 unspecified atom stereocenters. The number of nitrogens with one attached hydrogen (secondary N) is 1. The number of halogens is 1. The third-order valence-electron chi connectivity index (χ3n) is 2.68. The van der Waals surface area contributed by atoms with Crippen LogP contribution in [0.25, 0.3) is 0 Å². The minimum Gasteiger partial charge on any atom is -0.424 e. The van der Waals surface area contributed by atoms with Crippen molar-refractivity contribution in [3.8, 4) is 11.8 Å². The normalized spacial score (nSPS) is 10.3. The number of aromatic nitrogens is 3. The zero-order valence-electron chi connectivity index (χ0n) is 12.5. The molecule has 0 atom stereocenters. The molecule has 0 spiro atoms. The van der Waals surface area contributed by atoms with E-state index in [4.69, 9.17) is 4.74 Å². The van der Waals surface area contributed by atoms with Gasteiger partial charge in [-0.1, -0.05) is 15.9 Å². The van der Waals surface area contributed by atoms with Crippen molar-refractivity contribution in [1.29, 1.82) is 0 Å². The number of benzene rings is 1. The van der Waals surface area contributed by atoms with Gasteiger partial charge in [0, 0.05) is 25.1 Å². The van der Waals surface area contributed by atoms with Crippen LogP contribution >= 0.6 is 15.9 Å². The maximum atomic E-state index is 5.74. The highest BCUT2D eigenvalue weighted by Crippen LogP contribution is 2.25. The van der Waals surface area contributed by atoms with E-state index in [0.29, 0.717) is 17.6 Å². The van der Waals surface area contributed by atoms with Gasteiger partial charge in [-0.05, 0) is 37.6 Å². The first-order valence-electron chi connectivity index (χ1n) is 6.61. The summed E-state index contributed by atoms with van der Waals surface area (Å²) in [6, 6.07) is 6.00. The number of nitrogens with zero attached hydrogens (tertiary/aromatic N) is 4. The first-order valence-corrected chi connectivity index (χ1v) is 7.40. The van der Waals surface area contributed by atoms with E-state index >= 15 is 0 Å². The summed E-state index contributed by atoms with van der Waals surface area (Å²) < 4.78 is 6.78. The molecule has 21 heavy (non-hydrogen) atoms. The molecule has 0 saturated carbocycles. The molecule has 0 saturated heterocycles. The highest BCUT2D eigenvalue weighted by Gasteiger charge is 2.10. The minimum absolute atomic E-state index is 0.270. The molecular formula is C14H18BrN5O. The standard InChI is InChI=1S/C14H18BrN5O/c1-5-16-12-17-13(20(3)4)19-14(18-12)21-10-6-7-11(15)9(2)8-10/h6-8H,5H2,1-4H3,(H,16,17,18,19). The second kappa shape index (κ2) is 6.71. The first kappa shape index (κ1) is 15.5. The fourth-order valence-electron chi connectivity index (χ4n) is 1.61. The number of hydrogen-bond acceptors (Lipinski definition) is 6. The summed E-state index contributed by atoms with van der Waals surface area (Å²) in [5.74, 6) is 1.74. The predicted octanol–water partition coefficient (Wildman–Crippen LogP) is 3.23. The van der Waals surface area contributed by atoms with E-state index < -0.39 is 0 Å². The van der Waals surface area contributed by atoms with Crippen LogP contribution in [-0.4, -0.2) is 35.6 Å². The lowest BCUT2D eigenvalue weighted by molar-refractivity contribution is 0.440. The predicted molar refractivity (Wildman–Crippen MR) is 87.3 cm³/mol. The van der Waals surface area contributed by atoms with E-state index in [-0.39, 0.29) is 6.01 Å². The van der Waals surface area contributed by atoms with Crippen molar-refractivity contribution in [2.24, 2.45) is 0 Å². The summed E-state index contributed by atoms with van der Waals surface area (Å²) in [6.45, 7) is 4.71. The van der Waals surface area contributed by atoms with Gasteiger partial charge < -0.3 is 15.0 Å². The summed E-state index contributed by atoms with van der Waals surface area (Å²) in [6.07, 6.45) is 0. The van der Waals surface area contributed by atoms with Crippen LogP contribution in [0.15, 0.2) is 22.7 Å². The van der Waals surface area contributed by atoms with Crippen LogP contribution in [0.4, 0.5) is 11.9 Å². The molecule has 6 nitrogen and oxygen atoms in total. The van der Waals surface area contributed by atoms with Crippen molar-refractivity contribution in [2.75, 3.05) is 30.9 Å². The third-order valence-corrected chi connectivity index (χ3v) is 3.57. The number of anilines is 2. The minimum atomic E-state index is 0.270. The number of ether oxygens (including phenoxy) is 1. The highest BCUT2D eigenvalue weighted by atomic mass is 79.9. The molecule has 0 aliphatic carbocycles. The van der Waals surface area contributed by atoms with Gasteiger partial charge in [-0.2, -0.15) is 15.0 Å². The molecule has 0 aliphatic rings.